The molecule has 8 heteroatoms. The number of halogens is 4. The van der Waals surface area contributed by atoms with Crippen LogP contribution in [0.15, 0.2) is 71.7 Å². The molecule has 136 valence electrons. The van der Waals surface area contributed by atoms with Gasteiger partial charge in [0.2, 0.25) is 5.89 Å². The summed E-state index contributed by atoms with van der Waals surface area (Å²) in [6.45, 7) is 0. The Kier molecular flexibility index (Phi) is 4.02. The highest BCUT2D eigenvalue weighted by Gasteiger charge is 2.31. The zero-order valence-corrected chi connectivity index (χ0v) is 13.6. The van der Waals surface area contributed by atoms with Gasteiger partial charge in [-0.05, 0) is 29.8 Å². The van der Waals surface area contributed by atoms with E-state index in [4.69, 9.17) is 4.42 Å². The lowest BCUT2D eigenvalue weighted by atomic mass is 10.0. The van der Waals surface area contributed by atoms with Crippen LogP contribution in [0.3, 0.4) is 0 Å². The van der Waals surface area contributed by atoms with Crippen LogP contribution >= 0.6 is 0 Å². The van der Waals surface area contributed by atoms with Gasteiger partial charge >= 0.3 is 6.18 Å². The first-order valence-electron chi connectivity index (χ1n) is 7.84. The second kappa shape index (κ2) is 6.39. The molecule has 0 fully saturated rings. The van der Waals surface area contributed by atoms with Crippen LogP contribution in [0.1, 0.15) is 5.56 Å². The van der Waals surface area contributed by atoms with Gasteiger partial charge in [-0.15, -0.1) is 0 Å². The number of hydrogen-bond acceptors (Lipinski definition) is 3. The zero-order chi connectivity index (χ0) is 19.0. The second-order valence-electron chi connectivity index (χ2n) is 5.72. The molecule has 2 heterocycles. The second-order valence-corrected chi connectivity index (χ2v) is 5.72. The van der Waals surface area contributed by atoms with Crippen molar-refractivity contribution in [1.82, 2.24) is 14.8 Å². The maximum Gasteiger partial charge on any atom is 0.416 e. The number of rotatable bonds is 3. The van der Waals surface area contributed by atoms with Crippen LogP contribution in [0.2, 0.25) is 0 Å². The molecule has 0 radical (unpaired) electrons. The maximum absolute atomic E-state index is 14.1. The summed E-state index contributed by atoms with van der Waals surface area (Å²) in [5.41, 5.74) is 0.742. The van der Waals surface area contributed by atoms with E-state index in [0.717, 1.165) is 16.8 Å². The van der Waals surface area contributed by atoms with E-state index in [-0.39, 0.29) is 5.69 Å². The van der Waals surface area contributed by atoms with Crippen molar-refractivity contribution in [3.63, 3.8) is 0 Å². The van der Waals surface area contributed by atoms with E-state index >= 15 is 0 Å². The topological polar surface area (TPSA) is 43.9 Å². The summed E-state index contributed by atoms with van der Waals surface area (Å²) in [6.07, 6.45) is 1.28. The molecule has 4 rings (SSSR count). The van der Waals surface area contributed by atoms with E-state index in [1.165, 1.54) is 24.9 Å². The molecule has 0 aliphatic heterocycles. The predicted molar refractivity (Wildman–Crippen MR) is 89.5 cm³/mol. The van der Waals surface area contributed by atoms with Crippen LogP contribution in [-0.2, 0) is 6.18 Å². The van der Waals surface area contributed by atoms with Crippen molar-refractivity contribution in [2.45, 2.75) is 6.18 Å². The molecule has 2 aromatic heterocycles. The quantitative estimate of drug-likeness (QED) is 0.455. The summed E-state index contributed by atoms with van der Waals surface area (Å²) >= 11 is 0. The Morgan fingerprint density at radius 2 is 1.78 bits per heavy atom. The minimum absolute atomic E-state index is 0.287. The van der Waals surface area contributed by atoms with Crippen molar-refractivity contribution >= 4 is 0 Å². The van der Waals surface area contributed by atoms with Crippen LogP contribution < -0.4 is 0 Å². The summed E-state index contributed by atoms with van der Waals surface area (Å²) in [5, 5.41) is 4.03. The van der Waals surface area contributed by atoms with Crippen molar-refractivity contribution in [2.75, 3.05) is 0 Å². The normalized spacial score (nSPS) is 11.7. The molecular weight excluding hydrogens is 362 g/mol. The molecule has 0 unspecified atom stereocenters. The molecule has 0 amide bonds. The van der Waals surface area contributed by atoms with Crippen molar-refractivity contribution in [3.8, 4) is 28.3 Å². The van der Waals surface area contributed by atoms with Gasteiger partial charge in [0.15, 0.2) is 0 Å². The van der Waals surface area contributed by atoms with Gasteiger partial charge in [0.05, 0.1) is 18.0 Å². The van der Waals surface area contributed by atoms with Gasteiger partial charge in [-0.25, -0.2) is 14.1 Å². The first-order chi connectivity index (χ1) is 12.9. The molecule has 0 aliphatic rings. The fourth-order valence-electron chi connectivity index (χ4n) is 2.74. The molecule has 4 aromatic rings. The number of aromatic nitrogens is 3. The number of oxazole rings is 1. The molecule has 4 nitrogen and oxygen atoms in total. The van der Waals surface area contributed by atoms with Gasteiger partial charge in [-0.1, -0.05) is 18.2 Å². The fourth-order valence-corrected chi connectivity index (χ4v) is 2.74. The average Bonchev–Trinajstić information content (AvgIpc) is 3.33. The standard InChI is InChI=1S/C19H11F4N3O/c20-16-6-5-13(19(21,22)23)9-17(16)26-11-12(10-25-26)14-3-1-2-4-15(14)18-24-7-8-27-18/h1-11H. The molecular formula is C19H11F4N3O. The van der Waals surface area contributed by atoms with Gasteiger partial charge in [0.1, 0.15) is 17.8 Å². The molecule has 27 heavy (non-hydrogen) atoms. The highest BCUT2D eigenvalue weighted by molar-refractivity contribution is 5.79. The molecule has 0 aliphatic carbocycles. The number of hydrogen-bond donors (Lipinski definition) is 0. The number of alkyl halides is 3. The third kappa shape index (κ3) is 3.21. The molecule has 0 saturated heterocycles. The Morgan fingerprint density at radius 3 is 2.48 bits per heavy atom. The Balaban J connectivity index is 1.78. The van der Waals surface area contributed by atoms with Crippen LogP contribution in [0.25, 0.3) is 28.3 Å². The third-order valence-corrected chi connectivity index (χ3v) is 4.00. The van der Waals surface area contributed by atoms with E-state index in [0.29, 0.717) is 28.6 Å². The van der Waals surface area contributed by atoms with Crippen molar-refractivity contribution < 1.29 is 22.0 Å². The van der Waals surface area contributed by atoms with Gasteiger partial charge in [-0.2, -0.15) is 18.3 Å². The Morgan fingerprint density at radius 1 is 1.00 bits per heavy atom. The first kappa shape index (κ1) is 17.0. The predicted octanol–water partition coefficient (Wildman–Crippen LogP) is 5.35. The van der Waals surface area contributed by atoms with Crippen LogP contribution in [0, 0.1) is 5.82 Å². The Bertz CT molecular complexity index is 1080. The minimum Gasteiger partial charge on any atom is -0.445 e. The Hall–Kier alpha value is -3.42. The third-order valence-electron chi connectivity index (χ3n) is 4.00. The lowest BCUT2D eigenvalue weighted by Crippen LogP contribution is -2.07. The van der Waals surface area contributed by atoms with E-state index in [9.17, 15) is 17.6 Å². The monoisotopic (exact) mass is 373 g/mol. The molecule has 0 bridgehead atoms. The van der Waals surface area contributed by atoms with Gasteiger partial charge in [0.25, 0.3) is 0 Å². The molecule has 2 aromatic carbocycles. The first-order valence-corrected chi connectivity index (χ1v) is 7.84. The molecule has 0 saturated carbocycles. The highest BCUT2D eigenvalue weighted by atomic mass is 19.4. The van der Waals surface area contributed by atoms with Gasteiger partial charge < -0.3 is 4.42 Å². The van der Waals surface area contributed by atoms with E-state index in [2.05, 4.69) is 10.1 Å². The summed E-state index contributed by atoms with van der Waals surface area (Å²) in [5.74, 6) is -0.415. The van der Waals surface area contributed by atoms with Crippen LogP contribution in [0.5, 0.6) is 0 Å². The number of nitrogens with zero attached hydrogens (tertiary/aromatic N) is 3. The van der Waals surface area contributed by atoms with Crippen molar-refractivity contribution in [2.24, 2.45) is 0 Å². The van der Waals surface area contributed by atoms with Crippen molar-refractivity contribution in [3.05, 3.63) is 78.7 Å². The SMILES string of the molecule is Fc1ccc(C(F)(F)F)cc1-n1cc(-c2ccccc2-c2ncco2)cn1. The Labute approximate surface area is 150 Å². The van der Waals surface area contributed by atoms with Gasteiger partial charge in [0, 0.05) is 17.3 Å². The summed E-state index contributed by atoms with van der Waals surface area (Å²) in [4.78, 5) is 4.11. The van der Waals surface area contributed by atoms with E-state index in [1.807, 2.05) is 0 Å². The minimum atomic E-state index is -4.57. The average molecular weight is 373 g/mol. The maximum atomic E-state index is 14.1. The molecule has 0 N–H and O–H groups in total. The van der Waals surface area contributed by atoms with E-state index in [1.54, 1.807) is 24.3 Å². The molecule has 0 spiro atoms. The molecule has 0 atom stereocenters. The largest absolute Gasteiger partial charge is 0.445 e. The van der Waals surface area contributed by atoms with E-state index < -0.39 is 17.6 Å². The lowest BCUT2D eigenvalue weighted by Gasteiger charge is -2.09. The van der Waals surface area contributed by atoms with Crippen molar-refractivity contribution in [1.29, 1.82) is 0 Å². The van der Waals surface area contributed by atoms with Crippen LogP contribution in [0.4, 0.5) is 17.6 Å². The smallest absolute Gasteiger partial charge is 0.416 e. The van der Waals surface area contributed by atoms with Crippen LogP contribution in [-0.4, -0.2) is 14.8 Å². The number of benzene rings is 2. The zero-order valence-electron chi connectivity index (χ0n) is 13.6. The summed E-state index contributed by atoms with van der Waals surface area (Å²) in [7, 11) is 0. The lowest BCUT2D eigenvalue weighted by molar-refractivity contribution is -0.137. The highest BCUT2D eigenvalue weighted by Crippen LogP contribution is 2.33. The summed E-state index contributed by atoms with van der Waals surface area (Å²) < 4.78 is 59.3. The summed E-state index contributed by atoms with van der Waals surface area (Å²) in [6, 6.07) is 9.39. The fraction of sp³-hybridized carbons (Fsp3) is 0.0526. The van der Waals surface area contributed by atoms with Gasteiger partial charge in [-0.3, -0.25) is 0 Å².